The lowest BCUT2D eigenvalue weighted by Crippen LogP contribution is -2.56. The second-order valence-electron chi connectivity index (χ2n) is 7.55. The maximum Gasteiger partial charge on any atom is 0.430 e. The molecule has 0 saturated heterocycles. The van der Waals surface area contributed by atoms with Crippen molar-refractivity contribution in [3.8, 4) is 0 Å². The third-order valence-corrected chi connectivity index (χ3v) is 5.09. The van der Waals surface area contributed by atoms with Gasteiger partial charge in [-0.3, -0.25) is 0 Å². The van der Waals surface area contributed by atoms with Crippen molar-refractivity contribution in [2.24, 2.45) is 0 Å². The molecule has 0 aliphatic rings. The summed E-state index contributed by atoms with van der Waals surface area (Å²) in [6.45, 7) is 0.516. The molecule has 0 spiro atoms. The van der Waals surface area contributed by atoms with Crippen LogP contribution in [0.15, 0.2) is 60.7 Å². The quantitative estimate of drug-likeness (QED) is 0.226. The van der Waals surface area contributed by atoms with Crippen molar-refractivity contribution in [1.82, 2.24) is 0 Å². The Morgan fingerprint density at radius 1 is 0.562 bits per heavy atom. The molecule has 0 saturated carbocycles. The first-order valence-electron chi connectivity index (χ1n) is 10.6. The van der Waals surface area contributed by atoms with E-state index in [4.69, 9.17) is 4.74 Å². The molecule has 2 rings (SSSR count). The maximum absolute atomic E-state index is 13.6. The summed E-state index contributed by atoms with van der Waals surface area (Å²) in [6, 6.07) is 15.0. The monoisotopic (exact) mass is 462 g/mol. The van der Waals surface area contributed by atoms with Crippen LogP contribution >= 0.6 is 0 Å². The summed E-state index contributed by atoms with van der Waals surface area (Å²) >= 11 is 0. The van der Waals surface area contributed by atoms with Gasteiger partial charge >= 0.3 is 12.4 Å². The Morgan fingerprint density at radius 3 is 1.56 bits per heavy atom. The van der Waals surface area contributed by atoms with Crippen LogP contribution in [0.5, 0.6) is 0 Å². The van der Waals surface area contributed by atoms with Gasteiger partial charge in [-0.2, -0.15) is 26.3 Å². The Kier molecular flexibility index (Phi) is 10.0. The van der Waals surface area contributed by atoms with E-state index in [1.54, 1.807) is 0 Å². The van der Waals surface area contributed by atoms with E-state index in [-0.39, 0.29) is 6.42 Å². The summed E-state index contributed by atoms with van der Waals surface area (Å²) in [6.07, 6.45) is -7.39. The third-order valence-electron chi connectivity index (χ3n) is 5.09. The van der Waals surface area contributed by atoms with Gasteiger partial charge in [-0.05, 0) is 18.4 Å². The molecule has 0 aliphatic carbocycles. The van der Waals surface area contributed by atoms with Crippen LogP contribution in [0.25, 0.3) is 0 Å². The van der Waals surface area contributed by atoms with Gasteiger partial charge in [0.25, 0.3) is 5.60 Å². The highest BCUT2D eigenvalue weighted by atomic mass is 19.4. The molecule has 2 aromatic carbocycles. The molecule has 8 heteroatoms. The van der Waals surface area contributed by atoms with Crippen LogP contribution in [-0.2, 0) is 21.7 Å². The Balaban J connectivity index is 1.70. The zero-order valence-corrected chi connectivity index (χ0v) is 17.7. The number of alkyl halides is 6. The van der Waals surface area contributed by atoms with Crippen LogP contribution in [0.2, 0.25) is 0 Å². The third kappa shape index (κ3) is 7.24. The predicted octanol–water partition coefficient (Wildman–Crippen LogP) is 7.58. The number of hydrogen-bond acceptors (Lipinski definition) is 2. The van der Waals surface area contributed by atoms with Crippen molar-refractivity contribution >= 4 is 0 Å². The summed E-state index contributed by atoms with van der Waals surface area (Å²) in [4.78, 5) is 0. The minimum absolute atomic E-state index is 0.116. The Labute approximate surface area is 184 Å². The molecule has 0 aliphatic heterocycles. The minimum atomic E-state index is -5.63. The molecule has 32 heavy (non-hydrogen) atoms. The van der Waals surface area contributed by atoms with Crippen LogP contribution in [0.4, 0.5) is 26.3 Å². The molecule has 0 heterocycles. The average molecular weight is 462 g/mol. The van der Waals surface area contributed by atoms with Gasteiger partial charge in [0, 0.05) is 18.8 Å². The van der Waals surface area contributed by atoms with Gasteiger partial charge < -0.3 is 9.47 Å². The summed E-state index contributed by atoms with van der Waals surface area (Å²) in [5.74, 6) is 0. The SMILES string of the molecule is FC(F)(F)C(OCCCCCCCCOCc1ccccc1)(c1ccccc1)C(F)(F)F. The van der Waals surface area contributed by atoms with E-state index in [2.05, 4.69) is 4.74 Å². The van der Waals surface area contributed by atoms with E-state index in [9.17, 15) is 26.3 Å². The highest BCUT2D eigenvalue weighted by molar-refractivity contribution is 5.27. The molecular formula is C24H28F6O2. The molecule has 0 bridgehead atoms. The summed E-state index contributed by atoms with van der Waals surface area (Å²) in [5, 5.41) is 0. The standard InChI is InChI=1S/C24H28F6O2/c25-23(26,27)22(24(28,29)30,21-15-9-6-10-16-21)32-18-12-4-2-1-3-11-17-31-19-20-13-7-5-8-14-20/h5-10,13-16H,1-4,11-12,17-19H2. The zero-order chi connectivity index (χ0) is 23.5. The number of benzene rings is 2. The van der Waals surface area contributed by atoms with Gasteiger partial charge in [-0.15, -0.1) is 0 Å². The van der Waals surface area contributed by atoms with E-state index in [0.29, 0.717) is 26.1 Å². The fraction of sp³-hybridized carbons (Fsp3) is 0.500. The summed E-state index contributed by atoms with van der Waals surface area (Å²) < 4.78 is 91.7. The Bertz CT molecular complexity index is 746. The molecule has 0 amide bonds. The molecule has 0 fully saturated rings. The molecule has 2 nitrogen and oxygen atoms in total. The number of hydrogen-bond donors (Lipinski definition) is 0. The van der Waals surface area contributed by atoms with Crippen molar-refractivity contribution in [3.05, 3.63) is 71.8 Å². The van der Waals surface area contributed by atoms with Gasteiger partial charge in [0.05, 0.1) is 6.61 Å². The predicted molar refractivity (Wildman–Crippen MR) is 110 cm³/mol. The topological polar surface area (TPSA) is 18.5 Å². The van der Waals surface area contributed by atoms with Crippen molar-refractivity contribution < 1.29 is 35.8 Å². The van der Waals surface area contributed by atoms with Crippen molar-refractivity contribution in [1.29, 1.82) is 0 Å². The molecule has 178 valence electrons. The number of halogens is 6. The van der Waals surface area contributed by atoms with Crippen molar-refractivity contribution in [2.45, 2.75) is 63.1 Å². The Morgan fingerprint density at radius 2 is 1.03 bits per heavy atom. The van der Waals surface area contributed by atoms with Gasteiger partial charge in [0.2, 0.25) is 0 Å². The van der Waals surface area contributed by atoms with Gasteiger partial charge in [0.15, 0.2) is 0 Å². The summed E-state index contributed by atoms with van der Waals surface area (Å²) in [7, 11) is 0. The lowest BCUT2D eigenvalue weighted by atomic mass is 9.92. The maximum atomic E-state index is 13.6. The van der Waals surface area contributed by atoms with E-state index < -0.39 is 30.1 Å². The van der Waals surface area contributed by atoms with Crippen LogP contribution in [-0.4, -0.2) is 25.6 Å². The molecular weight excluding hydrogens is 434 g/mol. The van der Waals surface area contributed by atoms with Crippen LogP contribution in [0.3, 0.4) is 0 Å². The fourth-order valence-corrected chi connectivity index (χ4v) is 3.41. The van der Waals surface area contributed by atoms with E-state index >= 15 is 0 Å². The first kappa shape index (κ1) is 26.2. The highest BCUT2D eigenvalue weighted by Crippen LogP contribution is 2.52. The van der Waals surface area contributed by atoms with E-state index in [1.165, 1.54) is 6.07 Å². The van der Waals surface area contributed by atoms with Crippen molar-refractivity contribution in [2.75, 3.05) is 13.2 Å². The van der Waals surface area contributed by atoms with E-state index in [1.807, 2.05) is 30.3 Å². The molecule has 0 radical (unpaired) electrons. The zero-order valence-electron chi connectivity index (χ0n) is 17.7. The van der Waals surface area contributed by atoms with Crippen LogP contribution in [0.1, 0.15) is 49.7 Å². The number of ether oxygens (including phenoxy) is 2. The molecule has 0 atom stereocenters. The largest absolute Gasteiger partial charge is 0.430 e. The molecule has 0 unspecified atom stereocenters. The normalized spacial score (nSPS) is 12.8. The Hall–Kier alpha value is -2.06. The molecule has 0 N–H and O–H groups in total. The lowest BCUT2D eigenvalue weighted by Gasteiger charge is -2.37. The average Bonchev–Trinajstić information content (AvgIpc) is 2.74. The number of unbranched alkanes of at least 4 members (excludes halogenated alkanes) is 5. The van der Waals surface area contributed by atoms with Crippen molar-refractivity contribution in [3.63, 3.8) is 0 Å². The smallest absolute Gasteiger partial charge is 0.377 e. The fourth-order valence-electron chi connectivity index (χ4n) is 3.41. The first-order valence-corrected chi connectivity index (χ1v) is 10.6. The second kappa shape index (κ2) is 12.3. The van der Waals surface area contributed by atoms with Gasteiger partial charge in [-0.25, -0.2) is 0 Å². The molecule has 2 aromatic rings. The van der Waals surface area contributed by atoms with E-state index in [0.717, 1.165) is 49.1 Å². The highest BCUT2D eigenvalue weighted by Gasteiger charge is 2.73. The molecule has 0 aromatic heterocycles. The number of rotatable bonds is 13. The van der Waals surface area contributed by atoms with Gasteiger partial charge in [0.1, 0.15) is 0 Å². The van der Waals surface area contributed by atoms with Crippen LogP contribution < -0.4 is 0 Å². The van der Waals surface area contributed by atoms with Gasteiger partial charge in [-0.1, -0.05) is 86.3 Å². The lowest BCUT2D eigenvalue weighted by molar-refractivity contribution is -0.389. The summed E-state index contributed by atoms with van der Waals surface area (Å²) in [5.41, 5.74) is -4.19. The second-order valence-corrected chi connectivity index (χ2v) is 7.55. The van der Waals surface area contributed by atoms with Crippen LogP contribution in [0, 0.1) is 0 Å². The minimum Gasteiger partial charge on any atom is -0.377 e. The first-order chi connectivity index (χ1) is 15.2.